The topological polar surface area (TPSA) is 104 Å². The first kappa shape index (κ1) is 27.0. The minimum Gasteiger partial charge on any atom is -0.494 e. The molecule has 2 heterocycles. The summed E-state index contributed by atoms with van der Waals surface area (Å²) in [6, 6.07) is 18.6. The molecule has 10 heteroatoms. The number of carbonyl (C=O) groups is 3. The van der Waals surface area contributed by atoms with Crippen molar-refractivity contribution in [3.05, 3.63) is 72.3 Å². The number of rotatable bonds is 9. The van der Waals surface area contributed by atoms with Gasteiger partial charge in [0.25, 0.3) is 5.91 Å². The lowest BCUT2D eigenvalue weighted by Gasteiger charge is -2.29. The van der Waals surface area contributed by atoms with E-state index in [9.17, 15) is 14.4 Å². The van der Waals surface area contributed by atoms with E-state index in [1.165, 1.54) is 21.1 Å². The number of esters is 1. The summed E-state index contributed by atoms with van der Waals surface area (Å²) in [7, 11) is 2.88. The van der Waals surface area contributed by atoms with Crippen LogP contribution >= 0.6 is 0 Å². The Labute approximate surface area is 231 Å². The van der Waals surface area contributed by atoms with E-state index in [-0.39, 0.29) is 17.2 Å². The Hall–Kier alpha value is -4.57. The van der Waals surface area contributed by atoms with E-state index >= 15 is 0 Å². The molecule has 2 aliphatic heterocycles. The van der Waals surface area contributed by atoms with Gasteiger partial charge in [-0.15, -0.1) is 0 Å². The molecule has 3 atom stereocenters. The molecule has 40 heavy (non-hydrogen) atoms. The quantitative estimate of drug-likeness (QED) is 0.218. The minimum absolute atomic E-state index is 0.115. The first-order chi connectivity index (χ1) is 19.4. The molecule has 3 aromatic carbocycles. The summed E-state index contributed by atoms with van der Waals surface area (Å²) in [6.07, 6.45) is -0.193. The number of hydrogen-bond donors (Lipinski definition) is 0. The monoisotopic (exact) mass is 546 g/mol. The molecule has 0 N–H and O–H groups in total. The van der Waals surface area contributed by atoms with E-state index in [0.717, 1.165) is 11.3 Å². The molecule has 2 fully saturated rings. The molecule has 0 saturated carbocycles. The number of ether oxygens (including phenoxy) is 4. The second-order valence-corrected chi connectivity index (χ2v) is 9.36. The second kappa shape index (κ2) is 11.3. The van der Waals surface area contributed by atoms with Gasteiger partial charge < -0.3 is 18.9 Å². The fourth-order valence-electron chi connectivity index (χ4n) is 5.03. The third kappa shape index (κ3) is 4.82. The van der Waals surface area contributed by atoms with Gasteiger partial charge in [-0.3, -0.25) is 19.2 Å². The molecule has 0 spiro atoms. The van der Waals surface area contributed by atoms with Gasteiger partial charge in [0.15, 0.2) is 17.6 Å². The molecule has 10 nitrogen and oxygen atoms in total. The van der Waals surface area contributed by atoms with Crippen molar-refractivity contribution in [2.45, 2.75) is 32.4 Å². The Morgan fingerprint density at radius 2 is 1.55 bits per heavy atom. The van der Waals surface area contributed by atoms with Gasteiger partial charge in [-0.25, -0.2) is 9.96 Å². The molecule has 2 saturated heterocycles. The van der Waals surface area contributed by atoms with Crippen LogP contribution in [0.5, 0.6) is 23.0 Å². The van der Waals surface area contributed by atoms with Crippen molar-refractivity contribution in [1.82, 2.24) is 0 Å². The normalized spacial score (nSPS) is 19.9. The van der Waals surface area contributed by atoms with Crippen LogP contribution in [-0.4, -0.2) is 44.7 Å². The summed E-state index contributed by atoms with van der Waals surface area (Å²) < 4.78 is 22.0. The van der Waals surface area contributed by atoms with E-state index in [1.54, 1.807) is 41.5 Å². The molecule has 2 amide bonds. The lowest BCUT2D eigenvalue weighted by Crippen LogP contribution is -2.37. The molecule has 0 aromatic heterocycles. The summed E-state index contributed by atoms with van der Waals surface area (Å²) in [4.78, 5) is 46.7. The zero-order chi connectivity index (χ0) is 28.4. The Balaban J connectivity index is 1.57. The van der Waals surface area contributed by atoms with Crippen LogP contribution in [0, 0.1) is 5.92 Å². The van der Waals surface area contributed by atoms with Crippen LogP contribution in [-0.2, 0) is 19.2 Å². The van der Waals surface area contributed by atoms with Gasteiger partial charge in [-0.1, -0.05) is 25.1 Å². The fourth-order valence-corrected chi connectivity index (χ4v) is 5.03. The van der Waals surface area contributed by atoms with E-state index in [0.29, 0.717) is 29.3 Å². The van der Waals surface area contributed by atoms with Crippen molar-refractivity contribution in [2.24, 2.45) is 5.92 Å². The van der Waals surface area contributed by atoms with Gasteiger partial charge in [-0.2, -0.15) is 0 Å². The number of hydroxylamine groups is 1. The number of hydrogen-bond acceptors (Lipinski definition) is 9. The number of benzene rings is 3. The SMILES string of the molecule is CCCOc1ccc(N2C(=O)[C@H]3[C@H](ON(c4ccccc4)[C@@H]3c3cc(OC)c(OC(C)=O)c(OC)c3)C2=O)cc1. The van der Waals surface area contributed by atoms with Gasteiger partial charge in [-0.05, 0) is 60.5 Å². The molecule has 2 aliphatic rings. The van der Waals surface area contributed by atoms with Gasteiger partial charge in [0.2, 0.25) is 11.7 Å². The average molecular weight is 547 g/mol. The van der Waals surface area contributed by atoms with E-state index in [2.05, 4.69) is 0 Å². The standard InChI is InChI=1S/C30H30N2O8/c1-5-15-38-22-13-11-20(12-14-22)31-29(34)25-26(32(40-28(25)30(31)35)21-9-7-6-8-10-21)19-16-23(36-3)27(39-18(2)33)24(17-19)37-4/h6-14,16-17,25-26,28H,5,15H2,1-4H3/t25-,26-,28+/m1/s1. The molecule has 208 valence electrons. The Morgan fingerprint density at radius 1 is 0.900 bits per heavy atom. The number of imide groups is 1. The zero-order valence-electron chi connectivity index (χ0n) is 22.7. The Kier molecular flexibility index (Phi) is 7.61. The predicted molar refractivity (Wildman–Crippen MR) is 146 cm³/mol. The molecular weight excluding hydrogens is 516 g/mol. The van der Waals surface area contributed by atoms with E-state index in [1.807, 2.05) is 37.3 Å². The number of nitrogens with zero attached hydrogens (tertiary/aromatic N) is 2. The highest BCUT2D eigenvalue weighted by molar-refractivity contribution is 6.24. The molecule has 0 radical (unpaired) electrons. The number of amides is 2. The van der Waals surface area contributed by atoms with Crippen molar-refractivity contribution in [1.29, 1.82) is 0 Å². The lowest BCUT2D eigenvalue weighted by atomic mass is 9.90. The summed E-state index contributed by atoms with van der Waals surface area (Å²) in [5.74, 6) is -1.05. The number of carbonyl (C=O) groups excluding carboxylic acids is 3. The summed E-state index contributed by atoms with van der Waals surface area (Å²) in [5.41, 5.74) is 1.67. The number of para-hydroxylation sites is 1. The first-order valence-corrected chi connectivity index (χ1v) is 12.9. The molecule has 3 aromatic rings. The molecule has 0 bridgehead atoms. The van der Waals surface area contributed by atoms with Gasteiger partial charge in [0.1, 0.15) is 11.7 Å². The highest BCUT2D eigenvalue weighted by Crippen LogP contribution is 2.50. The van der Waals surface area contributed by atoms with Crippen LogP contribution in [0.15, 0.2) is 66.7 Å². The summed E-state index contributed by atoms with van der Waals surface area (Å²) in [6.45, 7) is 3.86. The second-order valence-electron chi connectivity index (χ2n) is 9.36. The van der Waals surface area contributed by atoms with E-state index in [4.69, 9.17) is 23.8 Å². The predicted octanol–water partition coefficient (Wildman–Crippen LogP) is 4.47. The molecule has 5 rings (SSSR count). The summed E-state index contributed by atoms with van der Waals surface area (Å²) in [5, 5.41) is 1.57. The van der Waals surface area contributed by atoms with Crippen molar-refractivity contribution < 1.29 is 38.2 Å². The maximum absolute atomic E-state index is 14.0. The van der Waals surface area contributed by atoms with Crippen LogP contribution in [0.4, 0.5) is 11.4 Å². The van der Waals surface area contributed by atoms with Gasteiger partial charge in [0, 0.05) is 6.92 Å². The van der Waals surface area contributed by atoms with Crippen molar-refractivity contribution in [2.75, 3.05) is 30.8 Å². The van der Waals surface area contributed by atoms with Crippen molar-refractivity contribution >= 4 is 29.2 Å². The number of fused-ring (bicyclic) bond motifs is 1. The van der Waals surface area contributed by atoms with Crippen LogP contribution in [0.1, 0.15) is 31.9 Å². The smallest absolute Gasteiger partial charge is 0.308 e. The average Bonchev–Trinajstić information content (AvgIpc) is 3.48. The minimum atomic E-state index is -1.06. The van der Waals surface area contributed by atoms with Crippen LogP contribution in [0.3, 0.4) is 0 Å². The maximum atomic E-state index is 14.0. The zero-order valence-corrected chi connectivity index (χ0v) is 22.7. The highest BCUT2D eigenvalue weighted by Gasteiger charge is 2.60. The molecule has 0 unspecified atom stereocenters. The first-order valence-electron chi connectivity index (χ1n) is 12.9. The highest BCUT2D eigenvalue weighted by atomic mass is 16.7. The van der Waals surface area contributed by atoms with Crippen LogP contribution in [0.25, 0.3) is 0 Å². The molecular formula is C30H30N2O8. The maximum Gasteiger partial charge on any atom is 0.308 e. The fraction of sp³-hybridized carbons (Fsp3) is 0.300. The van der Waals surface area contributed by atoms with Gasteiger partial charge >= 0.3 is 5.97 Å². The third-order valence-electron chi connectivity index (χ3n) is 6.76. The van der Waals surface area contributed by atoms with Crippen molar-refractivity contribution in [3.63, 3.8) is 0 Å². The largest absolute Gasteiger partial charge is 0.494 e. The number of anilines is 2. The Bertz CT molecular complexity index is 1380. The summed E-state index contributed by atoms with van der Waals surface area (Å²) >= 11 is 0. The van der Waals surface area contributed by atoms with Crippen LogP contribution < -0.4 is 28.9 Å². The third-order valence-corrected chi connectivity index (χ3v) is 6.76. The Morgan fingerprint density at radius 3 is 2.12 bits per heavy atom. The van der Waals surface area contributed by atoms with Gasteiger partial charge in [0.05, 0.1) is 38.2 Å². The van der Waals surface area contributed by atoms with E-state index < -0.39 is 35.8 Å². The molecule has 0 aliphatic carbocycles. The van der Waals surface area contributed by atoms with Crippen LogP contribution in [0.2, 0.25) is 0 Å². The lowest BCUT2D eigenvalue weighted by molar-refractivity contribution is -0.132. The number of methoxy groups -OCH3 is 2. The van der Waals surface area contributed by atoms with Crippen molar-refractivity contribution in [3.8, 4) is 23.0 Å².